The van der Waals surface area contributed by atoms with Crippen LogP contribution in [0.1, 0.15) is 32.1 Å². The van der Waals surface area contributed by atoms with Gasteiger partial charge in [0.25, 0.3) is 0 Å². The molecule has 2 heterocycles. The Kier molecular flexibility index (Phi) is 4.21. The van der Waals surface area contributed by atoms with Crippen LogP contribution < -0.4 is 15.5 Å². The molecule has 0 spiro atoms. The first-order chi connectivity index (χ1) is 9.83. The van der Waals surface area contributed by atoms with Gasteiger partial charge >= 0.3 is 0 Å². The number of anilines is 2. The monoisotopic (exact) mass is 273 g/mol. The van der Waals surface area contributed by atoms with Crippen LogP contribution in [0.25, 0.3) is 0 Å². The van der Waals surface area contributed by atoms with E-state index in [4.69, 9.17) is 0 Å². The molecule has 2 aliphatic heterocycles. The van der Waals surface area contributed by atoms with Crippen molar-refractivity contribution < 1.29 is 4.79 Å². The first kappa shape index (κ1) is 13.4. The maximum Gasteiger partial charge on any atom is 0.227 e. The summed E-state index contributed by atoms with van der Waals surface area (Å²) in [7, 11) is 0. The Labute approximate surface area is 120 Å². The van der Waals surface area contributed by atoms with E-state index in [1.807, 2.05) is 17.0 Å². The number of nitrogens with zero attached hydrogens (tertiary/aromatic N) is 1. The van der Waals surface area contributed by atoms with Crippen LogP contribution in [0.5, 0.6) is 0 Å². The molecule has 2 fully saturated rings. The van der Waals surface area contributed by atoms with E-state index in [1.165, 1.54) is 19.3 Å². The van der Waals surface area contributed by atoms with Gasteiger partial charge in [-0.05, 0) is 44.0 Å². The van der Waals surface area contributed by atoms with E-state index in [2.05, 4.69) is 22.8 Å². The molecule has 1 aromatic carbocycles. The number of hydrogen-bond acceptors (Lipinski definition) is 3. The molecule has 4 heteroatoms. The van der Waals surface area contributed by atoms with Crippen molar-refractivity contribution in [1.29, 1.82) is 0 Å². The van der Waals surface area contributed by atoms with Gasteiger partial charge in [-0.25, -0.2) is 0 Å². The number of piperidine rings is 1. The SMILES string of the molecule is O=C1CCCN1c1cccc(NCC2CCCCN2)c1. The van der Waals surface area contributed by atoms with Crippen molar-refractivity contribution in [1.82, 2.24) is 5.32 Å². The quantitative estimate of drug-likeness (QED) is 0.885. The molecule has 0 bridgehead atoms. The van der Waals surface area contributed by atoms with Crippen LogP contribution in [0.15, 0.2) is 24.3 Å². The predicted molar refractivity (Wildman–Crippen MR) is 82.2 cm³/mol. The molecule has 0 saturated carbocycles. The van der Waals surface area contributed by atoms with Crippen LogP contribution in [-0.2, 0) is 4.79 Å². The highest BCUT2D eigenvalue weighted by Gasteiger charge is 2.21. The standard InChI is InChI=1S/C16H23N3O/c20-16-8-4-10-19(16)15-7-3-6-13(11-15)18-12-14-5-1-2-9-17-14/h3,6-7,11,14,17-18H,1-2,4-5,8-10,12H2. The minimum atomic E-state index is 0.246. The van der Waals surface area contributed by atoms with Gasteiger partial charge in [0.15, 0.2) is 0 Å². The maximum absolute atomic E-state index is 11.8. The van der Waals surface area contributed by atoms with Gasteiger partial charge in [0, 0.05) is 36.9 Å². The molecular formula is C16H23N3O. The maximum atomic E-state index is 11.8. The second-order valence-corrected chi connectivity index (χ2v) is 5.73. The van der Waals surface area contributed by atoms with Gasteiger partial charge in [0.1, 0.15) is 0 Å². The lowest BCUT2D eigenvalue weighted by Crippen LogP contribution is -2.39. The number of carbonyl (C=O) groups excluding carboxylic acids is 1. The Hall–Kier alpha value is -1.55. The fourth-order valence-corrected chi connectivity index (χ4v) is 3.04. The summed E-state index contributed by atoms with van der Waals surface area (Å²) in [4.78, 5) is 13.7. The van der Waals surface area contributed by atoms with Crippen LogP contribution >= 0.6 is 0 Å². The van der Waals surface area contributed by atoms with E-state index in [0.29, 0.717) is 12.5 Å². The average molecular weight is 273 g/mol. The van der Waals surface area contributed by atoms with E-state index in [9.17, 15) is 4.79 Å². The van der Waals surface area contributed by atoms with Gasteiger partial charge in [0.2, 0.25) is 5.91 Å². The third kappa shape index (κ3) is 3.12. The predicted octanol–water partition coefficient (Wildman–Crippen LogP) is 2.37. The first-order valence-electron chi connectivity index (χ1n) is 7.70. The van der Waals surface area contributed by atoms with Crippen LogP contribution in [0.2, 0.25) is 0 Å². The van der Waals surface area contributed by atoms with Crippen molar-refractivity contribution in [3.05, 3.63) is 24.3 Å². The van der Waals surface area contributed by atoms with E-state index in [-0.39, 0.29) is 5.91 Å². The van der Waals surface area contributed by atoms with Gasteiger partial charge in [-0.15, -0.1) is 0 Å². The lowest BCUT2D eigenvalue weighted by Gasteiger charge is -2.24. The van der Waals surface area contributed by atoms with E-state index >= 15 is 0 Å². The number of amides is 1. The van der Waals surface area contributed by atoms with Crippen LogP contribution in [0.3, 0.4) is 0 Å². The molecule has 1 aromatic rings. The Morgan fingerprint density at radius 3 is 3.00 bits per heavy atom. The second kappa shape index (κ2) is 6.27. The number of carbonyl (C=O) groups is 1. The molecule has 1 unspecified atom stereocenters. The van der Waals surface area contributed by atoms with E-state index < -0.39 is 0 Å². The number of hydrogen-bond donors (Lipinski definition) is 2. The Bertz CT molecular complexity index is 469. The van der Waals surface area contributed by atoms with Gasteiger partial charge in [-0.3, -0.25) is 4.79 Å². The number of benzene rings is 1. The molecule has 0 aliphatic carbocycles. The molecule has 108 valence electrons. The summed E-state index contributed by atoms with van der Waals surface area (Å²) < 4.78 is 0. The number of nitrogens with one attached hydrogen (secondary N) is 2. The van der Waals surface area contributed by atoms with Gasteiger partial charge in [-0.1, -0.05) is 12.5 Å². The van der Waals surface area contributed by atoms with Gasteiger partial charge in [-0.2, -0.15) is 0 Å². The Morgan fingerprint density at radius 1 is 1.30 bits per heavy atom. The summed E-state index contributed by atoms with van der Waals surface area (Å²) in [5.74, 6) is 0.246. The van der Waals surface area contributed by atoms with Gasteiger partial charge < -0.3 is 15.5 Å². The lowest BCUT2D eigenvalue weighted by molar-refractivity contribution is -0.117. The van der Waals surface area contributed by atoms with Crippen molar-refractivity contribution >= 4 is 17.3 Å². The highest BCUT2D eigenvalue weighted by molar-refractivity contribution is 5.95. The summed E-state index contributed by atoms with van der Waals surface area (Å²) in [5, 5.41) is 7.03. The van der Waals surface area contributed by atoms with Crippen molar-refractivity contribution in [3.8, 4) is 0 Å². The summed E-state index contributed by atoms with van der Waals surface area (Å²) in [6.45, 7) is 2.94. The summed E-state index contributed by atoms with van der Waals surface area (Å²) >= 11 is 0. The minimum absolute atomic E-state index is 0.246. The van der Waals surface area contributed by atoms with Crippen LogP contribution in [-0.4, -0.2) is 31.6 Å². The zero-order chi connectivity index (χ0) is 13.8. The molecule has 2 aliphatic rings. The average Bonchev–Trinajstić information content (AvgIpc) is 2.93. The smallest absolute Gasteiger partial charge is 0.227 e. The van der Waals surface area contributed by atoms with E-state index in [1.54, 1.807) is 0 Å². The zero-order valence-corrected chi connectivity index (χ0v) is 11.9. The molecule has 2 N–H and O–H groups in total. The largest absolute Gasteiger partial charge is 0.383 e. The molecule has 0 aromatic heterocycles. The highest BCUT2D eigenvalue weighted by Crippen LogP contribution is 2.24. The molecule has 1 amide bonds. The van der Waals surface area contributed by atoms with Crippen molar-refractivity contribution in [2.75, 3.05) is 29.9 Å². The Morgan fingerprint density at radius 2 is 2.25 bits per heavy atom. The normalized spacial score (nSPS) is 23.1. The summed E-state index contributed by atoms with van der Waals surface area (Å²) in [5.41, 5.74) is 2.13. The Balaban J connectivity index is 1.60. The third-order valence-electron chi connectivity index (χ3n) is 4.20. The second-order valence-electron chi connectivity index (χ2n) is 5.73. The van der Waals surface area contributed by atoms with E-state index in [0.717, 1.165) is 37.4 Å². The fraction of sp³-hybridized carbons (Fsp3) is 0.562. The molecule has 0 radical (unpaired) electrons. The third-order valence-corrected chi connectivity index (χ3v) is 4.20. The van der Waals surface area contributed by atoms with Crippen LogP contribution in [0.4, 0.5) is 11.4 Å². The van der Waals surface area contributed by atoms with Crippen molar-refractivity contribution in [2.24, 2.45) is 0 Å². The minimum Gasteiger partial charge on any atom is -0.383 e. The lowest BCUT2D eigenvalue weighted by atomic mass is 10.1. The fourth-order valence-electron chi connectivity index (χ4n) is 3.04. The summed E-state index contributed by atoms with van der Waals surface area (Å²) in [6, 6.07) is 8.78. The van der Waals surface area contributed by atoms with Gasteiger partial charge in [0.05, 0.1) is 0 Å². The molecule has 20 heavy (non-hydrogen) atoms. The molecule has 1 atom stereocenters. The highest BCUT2D eigenvalue weighted by atomic mass is 16.2. The zero-order valence-electron chi connectivity index (χ0n) is 11.9. The number of rotatable bonds is 4. The topological polar surface area (TPSA) is 44.4 Å². The molecule has 2 saturated heterocycles. The van der Waals surface area contributed by atoms with Crippen LogP contribution in [0, 0.1) is 0 Å². The molecule has 3 rings (SSSR count). The first-order valence-corrected chi connectivity index (χ1v) is 7.70. The van der Waals surface area contributed by atoms with Crippen molar-refractivity contribution in [2.45, 2.75) is 38.1 Å². The molecule has 4 nitrogen and oxygen atoms in total. The summed E-state index contributed by atoms with van der Waals surface area (Å²) in [6.07, 6.45) is 5.52. The molecular weight excluding hydrogens is 250 g/mol. The van der Waals surface area contributed by atoms with Crippen molar-refractivity contribution in [3.63, 3.8) is 0 Å².